The lowest BCUT2D eigenvalue weighted by atomic mass is 10.1. The van der Waals surface area contributed by atoms with Gasteiger partial charge in [0.25, 0.3) is 5.91 Å². The second kappa shape index (κ2) is 5.79. The maximum absolute atomic E-state index is 14.0. The second-order valence-corrected chi connectivity index (χ2v) is 5.42. The van der Waals surface area contributed by atoms with Crippen LogP contribution >= 0.6 is 0 Å². The van der Waals surface area contributed by atoms with Crippen molar-refractivity contribution in [1.82, 2.24) is 0 Å². The molecule has 2 aromatic rings. The van der Waals surface area contributed by atoms with Crippen LogP contribution in [0.4, 0.5) is 20.2 Å². The maximum Gasteiger partial charge on any atom is 0.261 e. The van der Waals surface area contributed by atoms with Gasteiger partial charge in [0.15, 0.2) is 11.6 Å². The third kappa shape index (κ3) is 2.67. The van der Waals surface area contributed by atoms with Crippen molar-refractivity contribution in [2.45, 2.75) is 6.92 Å². The molecule has 6 heteroatoms. The molecule has 0 spiro atoms. The van der Waals surface area contributed by atoms with E-state index in [0.717, 1.165) is 6.07 Å². The number of para-hydroxylation sites is 2. The number of nitrogens with zero attached hydrogens (tertiary/aromatic N) is 1. The van der Waals surface area contributed by atoms with Gasteiger partial charge in [-0.1, -0.05) is 25.1 Å². The first-order valence-corrected chi connectivity index (χ1v) is 7.15. The molecule has 2 amide bonds. The van der Waals surface area contributed by atoms with Crippen LogP contribution in [0.15, 0.2) is 42.5 Å². The van der Waals surface area contributed by atoms with Gasteiger partial charge in [-0.3, -0.25) is 9.59 Å². The van der Waals surface area contributed by atoms with E-state index in [0.29, 0.717) is 11.4 Å². The Morgan fingerprint density at radius 2 is 1.91 bits per heavy atom. The molecular weight excluding hydrogens is 302 g/mol. The molecule has 3 rings (SSSR count). The smallest absolute Gasteiger partial charge is 0.261 e. The minimum absolute atomic E-state index is 0.0810. The Kier molecular flexibility index (Phi) is 3.82. The molecule has 0 saturated carbocycles. The molecule has 0 aliphatic carbocycles. The summed E-state index contributed by atoms with van der Waals surface area (Å²) in [6.45, 7) is 1.75. The first-order valence-electron chi connectivity index (χ1n) is 7.15. The Hall–Kier alpha value is -2.76. The lowest BCUT2D eigenvalue weighted by Gasteiger charge is -2.23. The van der Waals surface area contributed by atoms with E-state index in [4.69, 9.17) is 0 Å². The number of nitrogens with one attached hydrogen (secondary N) is 1. The molecule has 0 aromatic heterocycles. The standard InChI is InChI=1S/C17H14F2N2O2/c1-10-9-21(14-8-3-2-7-13(14)20-16(10)22)17(23)11-5-4-6-12(18)15(11)19/h2-8,10H,9H2,1H3,(H,20,22)/t10-/m1/s1. The number of fused-ring (bicyclic) bond motifs is 1. The summed E-state index contributed by atoms with van der Waals surface area (Å²) in [5.41, 5.74) is 0.562. The number of carbonyl (C=O) groups is 2. The lowest BCUT2D eigenvalue weighted by Crippen LogP contribution is -2.36. The number of carbonyl (C=O) groups excluding carboxylic acids is 2. The van der Waals surface area contributed by atoms with Gasteiger partial charge in [0.1, 0.15) is 0 Å². The Morgan fingerprint density at radius 3 is 2.70 bits per heavy atom. The number of anilines is 2. The zero-order chi connectivity index (χ0) is 16.6. The summed E-state index contributed by atoms with van der Waals surface area (Å²) in [6, 6.07) is 10.2. The third-order valence-corrected chi connectivity index (χ3v) is 3.78. The quantitative estimate of drug-likeness (QED) is 0.878. The zero-order valence-corrected chi connectivity index (χ0v) is 12.3. The SMILES string of the molecule is C[C@@H]1CN(C(=O)c2cccc(F)c2F)c2ccccc2NC1=O. The van der Waals surface area contributed by atoms with Crippen molar-refractivity contribution in [1.29, 1.82) is 0 Å². The van der Waals surface area contributed by atoms with Crippen LogP contribution in [0.2, 0.25) is 0 Å². The van der Waals surface area contributed by atoms with Crippen LogP contribution in [0.3, 0.4) is 0 Å². The van der Waals surface area contributed by atoms with Crippen LogP contribution in [-0.4, -0.2) is 18.4 Å². The highest BCUT2D eigenvalue weighted by Crippen LogP contribution is 2.31. The highest BCUT2D eigenvalue weighted by atomic mass is 19.2. The molecule has 4 nitrogen and oxygen atoms in total. The Bertz CT molecular complexity index is 792. The van der Waals surface area contributed by atoms with Gasteiger partial charge in [-0.2, -0.15) is 0 Å². The van der Waals surface area contributed by atoms with Crippen molar-refractivity contribution < 1.29 is 18.4 Å². The fourth-order valence-electron chi connectivity index (χ4n) is 2.53. The summed E-state index contributed by atoms with van der Waals surface area (Å²) in [5.74, 6) is -3.67. The van der Waals surface area contributed by atoms with Gasteiger partial charge in [0, 0.05) is 6.54 Å². The van der Waals surface area contributed by atoms with Crippen LogP contribution in [0, 0.1) is 17.6 Å². The first-order chi connectivity index (χ1) is 11.0. The second-order valence-electron chi connectivity index (χ2n) is 5.42. The van der Waals surface area contributed by atoms with Gasteiger partial charge < -0.3 is 10.2 Å². The summed E-state index contributed by atoms with van der Waals surface area (Å²) < 4.78 is 27.4. The van der Waals surface area contributed by atoms with E-state index in [1.54, 1.807) is 31.2 Å². The topological polar surface area (TPSA) is 49.4 Å². The van der Waals surface area contributed by atoms with E-state index >= 15 is 0 Å². The van der Waals surface area contributed by atoms with Gasteiger partial charge in [0.2, 0.25) is 5.91 Å². The van der Waals surface area contributed by atoms with Gasteiger partial charge in [-0.25, -0.2) is 8.78 Å². The van der Waals surface area contributed by atoms with E-state index in [1.807, 2.05) is 0 Å². The predicted octanol–water partition coefficient (Wildman–Crippen LogP) is 3.20. The largest absolute Gasteiger partial charge is 0.324 e. The lowest BCUT2D eigenvalue weighted by molar-refractivity contribution is -0.119. The summed E-state index contributed by atoms with van der Waals surface area (Å²) in [5, 5.41) is 2.73. The van der Waals surface area contributed by atoms with Crippen molar-refractivity contribution >= 4 is 23.2 Å². The molecule has 1 aliphatic rings. The molecule has 1 aliphatic heterocycles. The Balaban J connectivity index is 2.09. The Labute approximate surface area is 131 Å². The molecule has 0 unspecified atom stereocenters. The van der Waals surface area contributed by atoms with Crippen molar-refractivity contribution in [2.24, 2.45) is 5.92 Å². The number of halogens is 2. The van der Waals surface area contributed by atoms with E-state index < -0.39 is 23.5 Å². The number of hydrogen-bond donors (Lipinski definition) is 1. The molecule has 0 saturated heterocycles. The van der Waals surface area contributed by atoms with E-state index in [9.17, 15) is 18.4 Å². The predicted molar refractivity (Wildman–Crippen MR) is 82.3 cm³/mol. The minimum Gasteiger partial charge on any atom is -0.324 e. The van der Waals surface area contributed by atoms with E-state index in [1.165, 1.54) is 17.0 Å². The van der Waals surface area contributed by atoms with Crippen molar-refractivity contribution in [3.63, 3.8) is 0 Å². The molecule has 1 N–H and O–H groups in total. The summed E-state index contributed by atoms with van der Waals surface area (Å²) in [6.07, 6.45) is 0. The highest BCUT2D eigenvalue weighted by Gasteiger charge is 2.30. The molecule has 118 valence electrons. The number of rotatable bonds is 1. The van der Waals surface area contributed by atoms with Gasteiger partial charge in [-0.15, -0.1) is 0 Å². The minimum atomic E-state index is -1.19. The summed E-state index contributed by atoms with van der Waals surface area (Å²) in [7, 11) is 0. The maximum atomic E-state index is 14.0. The fourth-order valence-corrected chi connectivity index (χ4v) is 2.53. The molecule has 0 fully saturated rings. The van der Waals surface area contributed by atoms with Crippen LogP contribution in [0.25, 0.3) is 0 Å². The number of hydrogen-bond acceptors (Lipinski definition) is 2. The molecule has 23 heavy (non-hydrogen) atoms. The monoisotopic (exact) mass is 316 g/mol. The first kappa shape index (κ1) is 15.1. The molecule has 0 radical (unpaired) electrons. The molecule has 0 bridgehead atoms. The third-order valence-electron chi connectivity index (χ3n) is 3.78. The fraction of sp³-hybridized carbons (Fsp3) is 0.176. The summed E-state index contributed by atoms with van der Waals surface area (Å²) in [4.78, 5) is 26.0. The van der Waals surface area contributed by atoms with E-state index in [-0.39, 0.29) is 18.0 Å². The van der Waals surface area contributed by atoms with Crippen molar-refractivity contribution in [3.8, 4) is 0 Å². The molecule has 2 aromatic carbocycles. The zero-order valence-electron chi connectivity index (χ0n) is 12.3. The van der Waals surface area contributed by atoms with Crippen LogP contribution in [0.5, 0.6) is 0 Å². The highest BCUT2D eigenvalue weighted by molar-refractivity contribution is 6.11. The van der Waals surface area contributed by atoms with Gasteiger partial charge >= 0.3 is 0 Å². The molecule has 1 atom stereocenters. The van der Waals surface area contributed by atoms with Crippen LogP contribution in [-0.2, 0) is 4.79 Å². The molecule has 1 heterocycles. The average Bonchev–Trinajstić information content (AvgIpc) is 2.67. The van der Waals surface area contributed by atoms with Crippen LogP contribution < -0.4 is 10.2 Å². The molecular formula is C17H14F2N2O2. The van der Waals surface area contributed by atoms with Crippen LogP contribution in [0.1, 0.15) is 17.3 Å². The number of amides is 2. The van der Waals surface area contributed by atoms with E-state index in [2.05, 4.69) is 5.32 Å². The Morgan fingerprint density at radius 1 is 1.17 bits per heavy atom. The summed E-state index contributed by atoms with van der Waals surface area (Å²) >= 11 is 0. The normalized spacial score (nSPS) is 17.3. The van der Waals surface area contributed by atoms with Crippen molar-refractivity contribution in [3.05, 3.63) is 59.7 Å². The van der Waals surface area contributed by atoms with Crippen molar-refractivity contribution in [2.75, 3.05) is 16.8 Å². The van der Waals surface area contributed by atoms with Gasteiger partial charge in [0.05, 0.1) is 22.9 Å². The van der Waals surface area contributed by atoms with Gasteiger partial charge in [-0.05, 0) is 24.3 Å². The average molecular weight is 316 g/mol. The number of benzene rings is 2.